The molecule has 0 saturated carbocycles. The Kier molecular flexibility index (Phi) is 9.74. The number of hydrogen-bond acceptors (Lipinski definition) is 3. The van der Waals surface area contributed by atoms with Crippen LogP contribution >= 0.6 is 0 Å². The van der Waals surface area contributed by atoms with E-state index >= 15 is 0 Å². The van der Waals surface area contributed by atoms with E-state index in [1.54, 1.807) is 0 Å². The number of carbonyl (C=O) groups is 2. The molecule has 0 N–H and O–H groups in total. The first kappa shape index (κ1) is 19.3. The van der Waals surface area contributed by atoms with Crippen LogP contribution in [0, 0.1) is 5.41 Å². The maximum atomic E-state index is 11.7. The molecule has 118 valence electrons. The van der Waals surface area contributed by atoms with Gasteiger partial charge < -0.3 is 4.74 Å². The minimum atomic E-state index is -0.206. The minimum absolute atomic E-state index is 0.124. The summed E-state index contributed by atoms with van der Waals surface area (Å²) in [6.07, 6.45) is 6.59. The molecule has 0 radical (unpaired) electrons. The van der Waals surface area contributed by atoms with Crippen LogP contribution < -0.4 is 0 Å². The highest BCUT2D eigenvalue weighted by molar-refractivity contribution is 5.83. The van der Waals surface area contributed by atoms with E-state index < -0.39 is 0 Å². The van der Waals surface area contributed by atoms with Gasteiger partial charge in [0.15, 0.2) is 5.78 Å². The zero-order valence-electron chi connectivity index (χ0n) is 14.0. The third-order valence-electron chi connectivity index (χ3n) is 3.27. The highest BCUT2D eigenvalue weighted by Crippen LogP contribution is 2.19. The lowest BCUT2D eigenvalue weighted by Crippen LogP contribution is -2.19. The quantitative estimate of drug-likeness (QED) is 0.530. The van der Waals surface area contributed by atoms with Gasteiger partial charge in [0.25, 0.3) is 0 Å². The molecule has 0 unspecified atom stereocenters. The van der Waals surface area contributed by atoms with Gasteiger partial charge in [0.05, 0.1) is 6.10 Å². The lowest BCUT2D eigenvalue weighted by atomic mass is 9.88. The van der Waals surface area contributed by atoms with Crippen LogP contribution in [0.25, 0.3) is 0 Å². The van der Waals surface area contributed by atoms with Crippen LogP contribution in [0.5, 0.6) is 0 Å². The predicted molar refractivity (Wildman–Crippen MR) is 82.9 cm³/mol. The Morgan fingerprint density at radius 2 is 1.40 bits per heavy atom. The SMILES string of the molecule is CC(C)OCC(=O)CCCCCCCC(=O)C(C)(C)C. The van der Waals surface area contributed by atoms with Gasteiger partial charge in [-0.15, -0.1) is 0 Å². The maximum absolute atomic E-state index is 11.7. The summed E-state index contributed by atoms with van der Waals surface area (Å²) >= 11 is 0. The molecular formula is C17H32O3. The number of unbranched alkanes of at least 4 members (excludes halogenated alkanes) is 4. The average Bonchev–Trinajstić information content (AvgIpc) is 2.33. The fourth-order valence-corrected chi connectivity index (χ4v) is 1.84. The summed E-state index contributed by atoms with van der Waals surface area (Å²) in [5.74, 6) is 0.542. The molecule has 0 heterocycles. The zero-order chi connectivity index (χ0) is 15.6. The molecule has 0 fully saturated rings. The van der Waals surface area contributed by atoms with E-state index in [-0.39, 0.29) is 23.9 Å². The highest BCUT2D eigenvalue weighted by Gasteiger charge is 2.19. The maximum Gasteiger partial charge on any atom is 0.158 e. The number of carbonyl (C=O) groups excluding carboxylic acids is 2. The second-order valence-corrected chi connectivity index (χ2v) is 6.84. The van der Waals surface area contributed by atoms with E-state index in [0.717, 1.165) is 32.1 Å². The first-order valence-corrected chi connectivity index (χ1v) is 7.90. The summed E-state index contributed by atoms with van der Waals surface area (Å²) < 4.78 is 5.27. The van der Waals surface area contributed by atoms with Crippen molar-refractivity contribution in [2.75, 3.05) is 6.61 Å². The van der Waals surface area contributed by atoms with Gasteiger partial charge in [-0.05, 0) is 26.7 Å². The normalized spacial score (nSPS) is 11.9. The van der Waals surface area contributed by atoms with Crippen LogP contribution in [0.1, 0.15) is 79.6 Å². The van der Waals surface area contributed by atoms with Crippen molar-refractivity contribution in [1.82, 2.24) is 0 Å². The molecule has 0 aliphatic rings. The van der Waals surface area contributed by atoms with Gasteiger partial charge in [0.2, 0.25) is 0 Å². The van der Waals surface area contributed by atoms with Crippen molar-refractivity contribution in [3.8, 4) is 0 Å². The van der Waals surface area contributed by atoms with E-state index in [0.29, 0.717) is 18.6 Å². The van der Waals surface area contributed by atoms with Crippen LogP contribution in [0.15, 0.2) is 0 Å². The molecule has 3 nitrogen and oxygen atoms in total. The molecule has 0 atom stereocenters. The molecular weight excluding hydrogens is 252 g/mol. The largest absolute Gasteiger partial charge is 0.371 e. The molecule has 0 bridgehead atoms. The van der Waals surface area contributed by atoms with Gasteiger partial charge in [0, 0.05) is 18.3 Å². The van der Waals surface area contributed by atoms with Crippen molar-refractivity contribution in [3.05, 3.63) is 0 Å². The molecule has 0 amide bonds. The predicted octanol–water partition coefficient (Wildman–Crippen LogP) is 4.33. The topological polar surface area (TPSA) is 43.4 Å². The summed E-state index contributed by atoms with van der Waals surface area (Å²) in [4.78, 5) is 23.2. The molecule has 0 aromatic carbocycles. The van der Waals surface area contributed by atoms with Crippen molar-refractivity contribution >= 4 is 11.6 Å². The standard InChI is InChI=1S/C17H32O3/c1-14(2)20-13-15(18)11-9-7-6-8-10-12-16(19)17(3,4)5/h14H,6-13H2,1-5H3. The zero-order valence-corrected chi connectivity index (χ0v) is 14.0. The Morgan fingerprint density at radius 3 is 1.90 bits per heavy atom. The average molecular weight is 284 g/mol. The second-order valence-electron chi connectivity index (χ2n) is 6.84. The van der Waals surface area contributed by atoms with Gasteiger partial charge in [-0.2, -0.15) is 0 Å². The first-order valence-electron chi connectivity index (χ1n) is 7.90. The fraction of sp³-hybridized carbons (Fsp3) is 0.882. The summed E-state index contributed by atoms with van der Waals surface area (Å²) in [5.41, 5.74) is -0.206. The lowest BCUT2D eigenvalue weighted by Gasteiger charge is -2.16. The molecule has 3 heteroatoms. The van der Waals surface area contributed by atoms with Gasteiger partial charge in [0.1, 0.15) is 12.4 Å². The van der Waals surface area contributed by atoms with E-state index in [4.69, 9.17) is 4.74 Å². The van der Waals surface area contributed by atoms with Crippen LogP contribution in [0.3, 0.4) is 0 Å². The molecule has 0 saturated heterocycles. The smallest absolute Gasteiger partial charge is 0.158 e. The van der Waals surface area contributed by atoms with Crippen molar-refractivity contribution in [1.29, 1.82) is 0 Å². The molecule has 0 rings (SSSR count). The van der Waals surface area contributed by atoms with Crippen LogP contribution in [-0.2, 0) is 14.3 Å². The molecule has 0 spiro atoms. The Labute approximate surface area is 124 Å². The number of ketones is 2. The monoisotopic (exact) mass is 284 g/mol. The van der Waals surface area contributed by atoms with Gasteiger partial charge in [-0.3, -0.25) is 9.59 Å². The Hall–Kier alpha value is -0.700. The van der Waals surface area contributed by atoms with Crippen LogP contribution in [0.4, 0.5) is 0 Å². The number of rotatable bonds is 11. The highest BCUT2D eigenvalue weighted by atomic mass is 16.5. The van der Waals surface area contributed by atoms with Crippen LogP contribution in [0.2, 0.25) is 0 Å². The molecule has 0 aromatic rings. The van der Waals surface area contributed by atoms with Gasteiger partial charge >= 0.3 is 0 Å². The van der Waals surface area contributed by atoms with Gasteiger partial charge in [-0.1, -0.05) is 40.0 Å². The molecule has 0 aliphatic heterocycles. The van der Waals surface area contributed by atoms with E-state index in [1.807, 2.05) is 34.6 Å². The summed E-state index contributed by atoms with van der Waals surface area (Å²) in [6.45, 7) is 10.0. The minimum Gasteiger partial charge on any atom is -0.371 e. The number of hydrogen-bond donors (Lipinski definition) is 0. The third kappa shape index (κ3) is 11.2. The van der Waals surface area contributed by atoms with Crippen molar-refractivity contribution in [2.24, 2.45) is 5.41 Å². The van der Waals surface area contributed by atoms with Crippen molar-refractivity contribution < 1.29 is 14.3 Å². The molecule has 20 heavy (non-hydrogen) atoms. The summed E-state index contributed by atoms with van der Waals surface area (Å²) in [5, 5.41) is 0. The van der Waals surface area contributed by atoms with E-state index in [2.05, 4.69) is 0 Å². The molecule has 0 aliphatic carbocycles. The number of ether oxygens (including phenoxy) is 1. The summed E-state index contributed by atoms with van der Waals surface area (Å²) in [7, 11) is 0. The number of Topliss-reactive ketones (excluding diaryl/α,β-unsaturated/α-hetero) is 2. The fourth-order valence-electron chi connectivity index (χ4n) is 1.84. The van der Waals surface area contributed by atoms with Crippen molar-refractivity contribution in [3.63, 3.8) is 0 Å². The van der Waals surface area contributed by atoms with Crippen molar-refractivity contribution in [2.45, 2.75) is 85.7 Å². The lowest BCUT2D eigenvalue weighted by molar-refractivity contribution is -0.126. The van der Waals surface area contributed by atoms with Gasteiger partial charge in [-0.25, -0.2) is 0 Å². The first-order chi connectivity index (χ1) is 9.23. The Bertz CT molecular complexity index is 287. The molecule has 0 aromatic heterocycles. The van der Waals surface area contributed by atoms with E-state index in [1.165, 1.54) is 0 Å². The Morgan fingerprint density at radius 1 is 0.900 bits per heavy atom. The van der Waals surface area contributed by atoms with E-state index in [9.17, 15) is 9.59 Å². The Balaban J connectivity index is 3.41. The summed E-state index contributed by atoms with van der Waals surface area (Å²) in [6, 6.07) is 0. The third-order valence-corrected chi connectivity index (χ3v) is 3.27. The second kappa shape index (κ2) is 10.1. The van der Waals surface area contributed by atoms with Crippen LogP contribution in [-0.4, -0.2) is 24.3 Å².